The molecule has 26 heavy (non-hydrogen) atoms. The number of halogens is 1. The van der Waals surface area contributed by atoms with Crippen LogP contribution in [0.15, 0.2) is 42.5 Å². The first-order valence-electron chi connectivity index (χ1n) is 8.92. The Morgan fingerprint density at radius 3 is 2.77 bits per heavy atom. The lowest BCUT2D eigenvalue weighted by Crippen LogP contribution is -2.43. The maximum atomic E-state index is 13.0. The number of hydrogen-bond donors (Lipinski definition) is 1. The molecule has 4 rings (SSSR count). The number of allylic oxidation sites excluding steroid dienone is 1. The van der Waals surface area contributed by atoms with E-state index in [0.29, 0.717) is 19.5 Å². The van der Waals surface area contributed by atoms with Gasteiger partial charge in [-0.15, -0.1) is 0 Å². The minimum Gasteiger partial charge on any atom is -0.359 e. The first-order valence-corrected chi connectivity index (χ1v) is 8.92. The van der Waals surface area contributed by atoms with Crippen LogP contribution in [0.4, 0.5) is 10.2 Å². The number of aromatic nitrogens is 1. The van der Waals surface area contributed by atoms with Gasteiger partial charge in [0.15, 0.2) is 0 Å². The van der Waals surface area contributed by atoms with Gasteiger partial charge in [0.25, 0.3) is 0 Å². The number of pyridine rings is 1. The van der Waals surface area contributed by atoms with Crippen molar-refractivity contribution in [3.8, 4) is 0 Å². The van der Waals surface area contributed by atoms with E-state index in [0.717, 1.165) is 29.1 Å². The second-order valence-electron chi connectivity index (χ2n) is 7.33. The molecular weight excluding hydrogens is 329 g/mol. The summed E-state index contributed by atoms with van der Waals surface area (Å²) < 4.78 is 13.0. The molecule has 5 heteroatoms. The van der Waals surface area contributed by atoms with Gasteiger partial charge in [-0.3, -0.25) is 4.79 Å². The molecule has 1 aromatic heterocycles. The first kappa shape index (κ1) is 16.8. The largest absolute Gasteiger partial charge is 0.359 e. The molecule has 1 fully saturated rings. The van der Waals surface area contributed by atoms with Crippen LogP contribution >= 0.6 is 0 Å². The Morgan fingerprint density at radius 1 is 1.23 bits per heavy atom. The summed E-state index contributed by atoms with van der Waals surface area (Å²) >= 11 is 0. The molecular formula is C21H22FN3O. The highest BCUT2D eigenvalue weighted by atomic mass is 19.1. The zero-order chi connectivity index (χ0) is 18.3. The third kappa shape index (κ3) is 3.09. The van der Waals surface area contributed by atoms with Gasteiger partial charge in [-0.05, 0) is 55.7 Å². The standard InChI is InChI=1S/C21H22FN3O/c1-14-12-21(24-20-18(14)8-3-15(2)23-20)9-10-25(13-21)19(26)11-16-4-6-17(22)7-5-16/h3-8,12H,9-11,13H2,1-2H3,(H,23,24). The number of aryl methyl sites for hydroxylation is 1. The molecule has 0 radical (unpaired) electrons. The maximum absolute atomic E-state index is 13.0. The van der Waals surface area contributed by atoms with E-state index in [4.69, 9.17) is 0 Å². The minimum absolute atomic E-state index is 0.0735. The first-order chi connectivity index (χ1) is 12.4. The van der Waals surface area contributed by atoms with Gasteiger partial charge in [-0.25, -0.2) is 9.37 Å². The Labute approximate surface area is 152 Å². The van der Waals surface area contributed by atoms with Crippen molar-refractivity contribution in [3.63, 3.8) is 0 Å². The predicted octanol–water partition coefficient (Wildman–Crippen LogP) is 3.57. The molecule has 1 aromatic carbocycles. The summed E-state index contributed by atoms with van der Waals surface area (Å²) in [6, 6.07) is 10.2. The molecule has 1 saturated heterocycles. The summed E-state index contributed by atoms with van der Waals surface area (Å²) in [6.07, 6.45) is 3.39. The van der Waals surface area contributed by atoms with Crippen LogP contribution in [-0.2, 0) is 11.2 Å². The zero-order valence-electron chi connectivity index (χ0n) is 15.1. The molecule has 1 N–H and O–H groups in total. The third-order valence-electron chi connectivity index (χ3n) is 5.24. The highest BCUT2D eigenvalue weighted by Crippen LogP contribution is 2.37. The van der Waals surface area contributed by atoms with Crippen LogP contribution in [0.2, 0.25) is 0 Å². The van der Waals surface area contributed by atoms with Gasteiger partial charge >= 0.3 is 0 Å². The molecule has 2 aliphatic heterocycles. The van der Waals surface area contributed by atoms with E-state index in [1.54, 1.807) is 12.1 Å². The molecule has 3 heterocycles. The number of carbonyl (C=O) groups is 1. The summed E-state index contributed by atoms with van der Waals surface area (Å²) in [5.41, 5.74) is 3.87. The SMILES string of the molecule is CC1=CC2(CCN(C(=O)Cc3ccc(F)cc3)C2)Nc2nc(C)ccc21. The number of likely N-dealkylation sites (tertiary alicyclic amines) is 1. The summed E-state index contributed by atoms with van der Waals surface area (Å²) in [6.45, 7) is 5.41. The van der Waals surface area contributed by atoms with Crippen molar-refractivity contribution in [2.24, 2.45) is 0 Å². The van der Waals surface area contributed by atoms with Crippen LogP contribution in [0.3, 0.4) is 0 Å². The van der Waals surface area contributed by atoms with Crippen molar-refractivity contribution >= 4 is 17.3 Å². The van der Waals surface area contributed by atoms with Crippen molar-refractivity contribution in [3.05, 3.63) is 65.1 Å². The number of benzene rings is 1. The van der Waals surface area contributed by atoms with Gasteiger partial charge < -0.3 is 10.2 Å². The highest BCUT2D eigenvalue weighted by molar-refractivity contribution is 5.81. The van der Waals surface area contributed by atoms with Crippen molar-refractivity contribution in [1.82, 2.24) is 9.88 Å². The van der Waals surface area contributed by atoms with Gasteiger partial charge in [0, 0.05) is 24.3 Å². The second-order valence-corrected chi connectivity index (χ2v) is 7.33. The van der Waals surface area contributed by atoms with Gasteiger partial charge in [-0.2, -0.15) is 0 Å². The van der Waals surface area contributed by atoms with Gasteiger partial charge in [-0.1, -0.05) is 18.2 Å². The lowest BCUT2D eigenvalue weighted by atomic mass is 9.89. The summed E-state index contributed by atoms with van der Waals surface area (Å²) in [5.74, 6) is 0.692. The van der Waals surface area contributed by atoms with Crippen molar-refractivity contribution in [2.45, 2.75) is 32.2 Å². The highest BCUT2D eigenvalue weighted by Gasteiger charge is 2.41. The quantitative estimate of drug-likeness (QED) is 0.900. The van der Waals surface area contributed by atoms with Gasteiger partial charge in [0.1, 0.15) is 11.6 Å². The average molecular weight is 351 g/mol. The predicted molar refractivity (Wildman–Crippen MR) is 100 cm³/mol. The van der Waals surface area contributed by atoms with Crippen LogP contribution in [0.1, 0.15) is 30.2 Å². The van der Waals surface area contributed by atoms with Crippen molar-refractivity contribution < 1.29 is 9.18 Å². The molecule has 1 amide bonds. The Kier molecular flexibility index (Phi) is 4.02. The zero-order valence-corrected chi connectivity index (χ0v) is 15.1. The molecule has 4 nitrogen and oxygen atoms in total. The van der Waals surface area contributed by atoms with E-state index in [2.05, 4.69) is 29.4 Å². The number of nitrogens with zero attached hydrogens (tertiary/aromatic N) is 2. The molecule has 1 spiro atoms. The third-order valence-corrected chi connectivity index (χ3v) is 5.24. The number of anilines is 1. The summed E-state index contributed by atoms with van der Waals surface area (Å²) in [5, 5.41) is 3.57. The maximum Gasteiger partial charge on any atom is 0.227 e. The second kappa shape index (κ2) is 6.24. The van der Waals surface area contributed by atoms with Crippen LogP contribution in [0.25, 0.3) is 5.57 Å². The Hall–Kier alpha value is -2.69. The van der Waals surface area contributed by atoms with E-state index in [-0.39, 0.29) is 17.3 Å². The van der Waals surface area contributed by atoms with E-state index < -0.39 is 0 Å². The van der Waals surface area contributed by atoms with Crippen LogP contribution in [-0.4, -0.2) is 34.4 Å². The number of rotatable bonds is 2. The smallest absolute Gasteiger partial charge is 0.227 e. The molecule has 2 aliphatic rings. The lowest BCUT2D eigenvalue weighted by molar-refractivity contribution is -0.129. The van der Waals surface area contributed by atoms with Crippen LogP contribution in [0.5, 0.6) is 0 Å². The Bertz CT molecular complexity index is 891. The Balaban J connectivity index is 1.50. The van der Waals surface area contributed by atoms with Gasteiger partial charge in [0.05, 0.1) is 12.0 Å². The average Bonchev–Trinajstić information content (AvgIpc) is 2.99. The van der Waals surface area contributed by atoms with E-state index in [9.17, 15) is 9.18 Å². The molecule has 1 unspecified atom stereocenters. The molecule has 0 aliphatic carbocycles. The summed E-state index contributed by atoms with van der Waals surface area (Å²) in [4.78, 5) is 19.2. The molecule has 1 atom stereocenters. The summed E-state index contributed by atoms with van der Waals surface area (Å²) in [7, 11) is 0. The van der Waals surface area contributed by atoms with Crippen molar-refractivity contribution in [2.75, 3.05) is 18.4 Å². The van der Waals surface area contributed by atoms with Crippen LogP contribution < -0.4 is 5.32 Å². The number of fused-ring (bicyclic) bond motifs is 1. The fraction of sp³-hybridized carbons (Fsp3) is 0.333. The molecule has 134 valence electrons. The number of nitrogens with one attached hydrogen (secondary N) is 1. The van der Waals surface area contributed by atoms with E-state index in [1.807, 2.05) is 17.9 Å². The van der Waals surface area contributed by atoms with Crippen LogP contribution in [0, 0.1) is 12.7 Å². The number of amides is 1. The normalized spacial score (nSPS) is 21.3. The molecule has 0 saturated carbocycles. The van der Waals surface area contributed by atoms with E-state index in [1.165, 1.54) is 17.7 Å². The number of carbonyl (C=O) groups excluding carboxylic acids is 1. The topological polar surface area (TPSA) is 45.2 Å². The monoisotopic (exact) mass is 351 g/mol. The lowest BCUT2D eigenvalue weighted by Gasteiger charge is -2.33. The van der Waals surface area contributed by atoms with Gasteiger partial charge in [0.2, 0.25) is 5.91 Å². The Morgan fingerprint density at radius 2 is 2.00 bits per heavy atom. The van der Waals surface area contributed by atoms with Crippen molar-refractivity contribution in [1.29, 1.82) is 0 Å². The number of hydrogen-bond acceptors (Lipinski definition) is 3. The molecule has 2 aromatic rings. The molecule has 0 bridgehead atoms. The van der Waals surface area contributed by atoms with E-state index >= 15 is 0 Å². The fourth-order valence-electron chi connectivity index (χ4n) is 3.89. The minimum atomic E-state index is -0.283. The fourth-order valence-corrected chi connectivity index (χ4v) is 3.89.